The predicted octanol–water partition coefficient (Wildman–Crippen LogP) is 4.88. The third-order valence-corrected chi connectivity index (χ3v) is 4.23. The minimum absolute atomic E-state index is 0.320. The molecule has 128 valence electrons. The van der Waals surface area contributed by atoms with Crippen molar-refractivity contribution in [3.8, 4) is 11.3 Å². The summed E-state index contributed by atoms with van der Waals surface area (Å²) in [4.78, 5) is 12.4. The number of fused-ring (bicyclic) bond motifs is 1. The molecule has 4 aromatic rings. The molecule has 0 saturated heterocycles. The van der Waals surface area contributed by atoms with Gasteiger partial charge >= 0.3 is 6.03 Å². The number of benzene rings is 3. The van der Waals surface area contributed by atoms with Gasteiger partial charge in [-0.3, -0.25) is 10.00 Å². The quantitative estimate of drug-likeness (QED) is 0.557. The Morgan fingerprint density at radius 2 is 1.62 bits per heavy atom. The van der Waals surface area contributed by atoms with E-state index in [4.69, 9.17) is 0 Å². The SMILES string of the molecule is Cn1nc(NC(=O)Nc2cccc3ccccc23)cc1-c1ccccc1. The Morgan fingerprint density at radius 3 is 2.46 bits per heavy atom. The van der Waals surface area contributed by atoms with E-state index < -0.39 is 0 Å². The predicted molar refractivity (Wildman–Crippen MR) is 105 cm³/mol. The number of anilines is 2. The first-order valence-electron chi connectivity index (χ1n) is 8.36. The molecule has 0 aliphatic carbocycles. The van der Waals surface area contributed by atoms with Gasteiger partial charge < -0.3 is 5.32 Å². The third-order valence-electron chi connectivity index (χ3n) is 4.23. The maximum Gasteiger partial charge on any atom is 0.324 e. The van der Waals surface area contributed by atoms with Gasteiger partial charge in [0.2, 0.25) is 0 Å². The minimum atomic E-state index is -0.320. The van der Waals surface area contributed by atoms with Crippen molar-refractivity contribution in [3.05, 3.63) is 78.9 Å². The first-order chi connectivity index (χ1) is 12.7. The average Bonchev–Trinajstić information content (AvgIpc) is 3.03. The van der Waals surface area contributed by atoms with Crippen LogP contribution in [0.1, 0.15) is 0 Å². The van der Waals surface area contributed by atoms with E-state index in [0.29, 0.717) is 5.82 Å². The van der Waals surface area contributed by atoms with Crippen LogP contribution in [-0.4, -0.2) is 15.8 Å². The number of hydrogen-bond acceptors (Lipinski definition) is 2. The normalized spacial score (nSPS) is 10.7. The van der Waals surface area contributed by atoms with Crippen LogP contribution in [0.3, 0.4) is 0 Å². The topological polar surface area (TPSA) is 59.0 Å². The Hall–Kier alpha value is -3.60. The summed E-state index contributed by atoms with van der Waals surface area (Å²) >= 11 is 0. The lowest BCUT2D eigenvalue weighted by Gasteiger charge is -2.08. The summed E-state index contributed by atoms with van der Waals surface area (Å²) < 4.78 is 1.75. The summed E-state index contributed by atoms with van der Waals surface area (Å²) in [6, 6.07) is 25.2. The highest BCUT2D eigenvalue weighted by Crippen LogP contribution is 2.24. The highest BCUT2D eigenvalue weighted by Gasteiger charge is 2.11. The summed E-state index contributed by atoms with van der Waals surface area (Å²) in [5.74, 6) is 0.504. The van der Waals surface area contributed by atoms with Crippen molar-refractivity contribution >= 4 is 28.3 Å². The van der Waals surface area contributed by atoms with Crippen molar-refractivity contribution in [3.63, 3.8) is 0 Å². The zero-order valence-corrected chi connectivity index (χ0v) is 14.3. The largest absolute Gasteiger partial charge is 0.324 e. The molecule has 0 fully saturated rings. The zero-order valence-electron chi connectivity index (χ0n) is 14.3. The standard InChI is InChI=1S/C21H18N4O/c1-25-19(16-9-3-2-4-10-16)14-20(24-25)23-21(26)22-18-13-7-11-15-8-5-6-12-17(15)18/h2-14H,1H3,(H2,22,23,24,26). The summed E-state index contributed by atoms with van der Waals surface area (Å²) in [5.41, 5.74) is 2.75. The third kappa shape index (κ3) is 3.15. The van der Waals surface area contributed by atoms with Gasteiger partial charge in [0.05, 0.1) is 11.4 Å². The van der Waals surface area contributed by atoms with Gasteiger partial charge in [0.25, 0.3) is 0 Å². The molecule has 5 heteroatoms. The van der Waals surface area contributed by atoms with E-state index in [-0.39, 0.29) is 6.03 Å². The molecule has 4 rings (SSSR count). The highest BCUT2D eigenvalue weighted by atomic mass is 16.2. The van der Waals surface area contributed by atoms with Crippen LogP contribution in [-0.2, 0) is 7.05 Å². The highest BCUT2D eigenvalue weighted by molar-refractivity contribution is 6.06. The van der Waals surface area contributed by atoms with Crippen LogP contribution in [0.25, 0.3) is 22.0 Å². The molecule has 0 aliphatic rings. The number of carbonyl (C=O) groups is 1. The van der Waals surface area contributed by atoms with Gasteiger partial charge in [0, 0.05) is 18.5 Å². The molecule has 0 radical (unpaired) electrons. The number of nitrogens with zero attached hydrogens (tertiary/aromatic N) is 2. The smallest absolute Gasteiger partial charge is 0.307 e. The van der Waals surface area contributed by atoms with Gasteiger partial charge in [-0.2, -0.15) is 5.10 Å². The van der Waals surface area contributed by atoms with E-state index in [9.17, 15) is 4.79 Å². The lowest BCUT2D eigenvalue weighted by atomic mass is 10.1. The van der Waals surface area contributed by atoms with Crippen molar-refractivity contribution in [2.45, 2.75) is 0 Å². The fourth-order valence-corrected chi connectivity index (χ4v) is 3.01. The molecular weight excluding hydrogens is 324 g/mol. The van der Waals surface area contributed by atoms with Gasteiger partial charge in [-0.1, -0.05) is 66.7 Å². The summed E-state index contributed by atoms with van der Waals surface area (Å²) in [6.45, 7) is 0. The summed E-state index contributed by atoms with van der Waals surface area (Å²) in [6.07, 6.45) is 0. The first-order valence-corrected chi connectivity index (χ1v) is 8.36. The Bertz CT molecular complexity index is 1060. The Kier molecular flexibility index (Phi) is 4.11. The molecule has 1 heterocycles. The number of hydrogen-bond donors (Lipinski definition) is 2. The monoisotopic (exact) mass is 342 g/mol. The van der Waals surface area contributed by atoms with Crippen LogP contribution < -0.4 is 10.6 Å². The number of rotatable bonds is 3. The number of aromatic nitrogens is 2. The van der Waals surface area contributed by atoms with E-state index in [1.54, 1.807) is 4.68 Å². The van der Waals surface area contributed by atoms with Crippen LogP contribution in [0.2, 0.25) is 0 Å². The molecule has 26 heavy (non-hydrogen) atoms. The fourth-order valence-electron chi connectivity index (χ4n) is 3.01. The molecule has 1 aromatic heterocycles. The van der Waals surface area contributed by atoms with Crippen molar-refractivity contribution in [1.29, 1.82) is 0 Å². The zero-order chi connectivity index (χ0) is 17.9. The lowest BCUT2D eigenvalue weighted by molar-refractivity contribution is 0.262. The molecule has 3 aromatic carbocycles. The van der Waals surface area contributed by atoms with Crippen molar-refractivity contribution in [1.82, 2.24) is 9.78 Å². The van der Waals surface area contributed by atoms with Crippen LogP contribution >= 0.6 is 0 Å². The van der Waals surface area contributed by atoms with Gasteiger partial charge in [-0.25, -0.2) is 4.79 Å². The second-order valence-electron chi connectivity index (χ2n) is 6.01. The molecule has 0 bridgehead atoms. The first kappa shape index (κ1) is 15.9. The number of amides is 2. The van der Waals surface area contributed by atoms with Crippen molar-refractivity contribution in [2.24, 2.45) is 7.05 Å². The minimum Gasteiger partial charge on any atom is -0.307 e. The fraction of sp³-hybridized carbons (Fsp3) is 0.0476. The summed E-state index contributed by atoms with van der Waals surface area (Å²) in [5, 5.41) is 12.2. The molecule has 0 saturated carbocycles. The van der Waals surface area contributed by atoms with Crippen LogP contribution in [0.15, 0.2) is 78.9 Å². The molecule has 0 spiro atoms. The number of nitrogens with one attached hydrogen (secondary N) is 2. The van der Waals surface area contributed by atoms with Gasteiger partial charge in [0.15, 0.2) is 5.82 Å². The van der Waals surface area contributed by atoms with Crippen LogP contribution in [0.5, 0.6) is 0 Å². The second-order valence-corrected chi connectivity index (χ2v) is 6.01. The molecule has 0 atom stereocenters. The average molecular weight is 342 g/mol. The second kappa shape index (κ2) is 6.72. The number of carbonyl (C=O) groups excluding carboxylic acids is 1. The molecule has 0 unspecified atom stereocenters. The van der Waals surface area contributed by atoms with E-state index >= 15 is 0 Å². The van der Waals surface area contributed by atoms with E-state index in [0.717, 1.165) is 27.7 Å². The van der Waals surface area contributed by atoms with Gasteiger partial charge in [-0.15, -0.1) is 0 Å². The Balaban J connectivity index is 1.54. The molecular formula is C21H18N4O. The van der Waals surface area contributed by atoms with Gasteiger partial charge in [0.1, 0.15) is 0 Å². The Labute approximate surface area is 151 Å². The summed E-state index contributed by atoms with van der Waals surface area (Å²) in [7, 11) is 1.86. The van der Waals surface area contributed by atoms with E-state index in [2.05, 4.69) is 15.7 Å². The lowest BCUT2D eigenvalue weighted by Crippen LogP contribution is -2.19. The maximum absolute atomic E-state index is 12.4. The van der Waals surface area contributed by atoms with Crippen LogP contribution in [0.4, 0.5) is 16.3 Å². The molecule has 5 nitrogen and oxygen atoms in total. The Morgan fingerprint density at radius 1 is 0.885 bits per heavy atom. The van der Waals surface area contributed by atoms with Crippen molar-refractivity contribution in [2.75, 3.05) is 10.6 Å². The van der Waals surface area contributed by atoms with Gasteiger partial charge in [-0.05, 0) is 17.0 Å². The number of aryl methyl sites for hydroxylation is 1. The van der Waals surface area contributed by atoms with Crippen molar-refractivity contribution < 1.29 is 4.79 Å². The van der Waals surface area contributed by atoms with E-state index in [1.165, 1.54) is 0 Å². The maximum atomic E-state index is 12.4. The van der Waals surface area contributed by atoms with E-state index in [1.807, 2.05) is 85.9 Å². The molecule has 2 amide bonds. The molecule has 0 aliphatic heterocycles. The van der Waals surface area contributed by atoms with Crippen LogP contribution in [0, 0.1) is 0 Å². The number of urea groups is 1. The molecule has 2 N–H and O–H groups in total.